The molecule has 0 aromatic heterocycles. The van der Waals surface area contributed by atoms with Crippen LogP contribution in [-0.4, -0.2) is 5.11 Å². The van der Waals surface area contributed by atoms with Crippen LogP contribution in [0.2, 0.25) is 0 Å². The third-order valence-corrected chi connectivity index (χ3v) is 1.31. The van der Waals surface area contributed by atoms with Crippen molar-refractivity contribution in [3.05, 3.63) is 24.5 Å². The van der Waals surface area contributed by atoms with Crippen molar-refractivity contribution in [2.45, 2.75) is 32.6 Å². The topological polar surface area (TPSA) is 20.2 Å². The highest BCUT2D eigenvalue weighted by molar-refractivity contribution is 4.98. The fourth-order valence-corrected chi connectivity index (χ4v) is 0.737. The Morgan fingerprint density at radius 2 is 2.00 bits per heavy atom. The lowest BCUT2D eigenvalue weighted by atomic mass is 10.2. The van der Waals surface area contributed by atoms with Gasteiger partial charge in [-0.3, -0.25) is 0 Å². The van der Waals surface area contributed by atoms with E-state index in [0.717, 1.165) is 12.7 Å². The highest BCUT2D eigenvalue weighted by Gasteiger charge is 1.79. The zero-order chi connectivity index (χ0) is 7.66. The van der Waals surface area contributed by atoms with Gasteiger partial charge in [-0.25, -0.2) is 0 Å². The second kappa shape index (κ2) is 8.28. The quantitative estimate of drug-likeness (QED) is 0.353. The summed E-state index contributed by atoms with van der Waals surface area (Å²) < 4.78 is 0. The molecule has 0 radical (unpaired) electrons. The molecular formula is C9H16O. The summed E-state index contributed by atoms with van der Waals surface area (Å²) in [6.45, 7) is 2.19. The van der Waals surface area contributed by atoms with Gasteiger partial charge in [-0.15, -0.1) is 0 Å². The van der Waals surface area contributed by atoms with E-state index in [1.54, 1.807) is 6.08 Å². The van der Waals surface area contributed by atoms with E-state index in [1.807, 2.05) is 6.08 Å². The Kier molecular flexibility index (Phi) is 7.68. The second-order valence-electron chi connectivity index (χ2n) is 2.27. The normalized spacial score (nSPS) is 11.7. The van der Waals surface area contributed by atoms with Crippen molar-refractivity contribution in [2.75, 3.05) is 0 Å². The number of aliphatic hydroxyl groups excluding tert-OH is 1. The Bertz CT molecular complexity index is 103. The molecule has 10 heavy (non-hydrogen) atoms. The van der Waals surface area contributed by atoms with Crippen LogP contribution in [-0.2, 0) is 0 Å². The smallest absolute Gasteiger partial charge is 0.0791 e. The van der Waals surface area contributed by atoms with E-state index in [-0.39, 0.29) is 0 Å². The van der Waals surface area contributed by atoms with Crippen molar-refractivity contribution < 1.29 is 5.11 Å². The van der Waals surface area contributed by atoms with Crippen molar-refractivity contribution in [3.8, 4) is 0 Å². The molecule has 58 valence electrons. The van der Waals surface area contributed by atoms with E-state index in [0.29, 0.717) is 0 Å². The van der Waals surface area contributed by atoms with Crippen LogP contribution in [0.5, 0.6) is 0 Å². The van der Waals surface area contributed by atoms with Gasteiger partial charge in [0.25, 0.3) is 0 Å². The first-order chi connectivity index (χ1) is 4.91. The number of hydrogen-bond donors (Lipinski definition) is 1. The molecule has 0 fully saturated rings. The van der Waals surface area contributed by atoms with Gasteiger partial charge in [0, 0.05) is 0 Å². The molecule has 0 heterocycles. The predicted molar refractivity (Wildman–Crippen MR) is 45.1 cm³/mol. The van der Waals surface area contributed by atoms with Crippen LogP contribution in [0.4, 0.5) is 0 Å². The van der Waals surface area contributed by atoms with Crippen LogP contribution < -0.4 is 0 Å². The van der Waals surface area contributed by atoms with Gasteiger partial charge in [0.2, 0.25) is 0 Å². The minimum atomic E-state index is 1.05. The van der Waals surface area contributed by atoms with Gasteiger partial charge in [0.1, 0.15) is 0 Å². The maximum absolute atomic E-state index is 8.24. The average Bonchev–Trinajstić information content (AvgIpc) is 1.97. The summed E-state index contributed by atoms with van der Waals surface area (Å²) in [5, 5.41) is 8.24. The number of allylic oxidation sites excluding steroid dienone is 3. The molecule has 0 saturated heterocycles. The number of aliphatic hydroxyl groups is 1. The summed E-state index contributed by atoms with van der Waals surface area (Å²) >= 11 is 0. The molecule has 0 aromatic carbocycles. The molecule has 0 atom stereocenters. The summed E-state index contributed by atoms with van der Waals surface area (Å²) in [7, 11) is 0. The maximum atomic E-state index is 8.24. The third-order valence-electron chi connectivity index (χ3n) is 1.31. The molecule has 0 bridgehead atoms. The van der Waals surface area contributed by atoms with E-state index < -0.39 is 0 Å². The Balaban J connectivity index is 3.02. The fourth-order valence-electron chi connectivity index (χ4n) is 0.737. The van der Waals surface area contributed by atoms with Crippen LogP contribution in [0.3, 0.4) is 0 Å². The minimum absolute atomic E-state index is 1.05. The SMILES string of the molecule is CCCCCC=CC=CO. The molecule has 0 unspecified atom stereocenters. The predicted octanol–water partition coefficient (Wildman–Crippen LogP) is 3.19. The van der Waals surface area contributed by atoms with Crippen molar-refractivity contribution in [1.82, 2.24) is 0 Å². The average molecular weight is 140 g/mol. The zero-order valence-corrected chi connectivity index (χ0v) is 6.59. The van der Waals surface area contributed by atoms with Crippen molar-refractivity contribution in [3.63, 3.8) is 0 Å². The Hall–Kier alpha value is -0.720. The first kappa shape index (κ1) is 9.28. The third kappa shape index (κ3) is 7.28. The van der Waals surface area contributed by atoms with E-state index in [1.165, 1.54) is 19.3 Å². The first-order valence-corrected chi connectivity index (χ1v) is 3.87. The van der Waals surface area contributed by atoms with Gasteiger partial charge in [0.15, 0.2) is 0 Å². The molecule has 1 N–H and O–H groups in total. The highest BCUT2D eigenvalue weighted by Crippen LogP contribution is 1.99. The van der Waals surface area contributed by atoms with Crippen LogP contribution in [0.1, 0.15) is 32.6 Å². The van der Waals surface area contributed by atoms with Gasteiger partial charge >= 0.3 is 0 Å². The molecule has 0 saturated carbocycles. The lowest BCUT2D eigenvalue weighted by molar-refractivity contribution is 0.473. The summed E-state index contributed by atoms with van der Waals surface area (Å²) in [6, 6.07) is 0. The van der Waals surface area contributed by atoms with Crippen LogP contribution in [0, 0.1) is 0 Å². The van der Waals surface area contributed by atoms with Crippen molar-refractivity contribution in [2.24, 2.45) is 0 Å². The van der Waals surface area contributed by atoms with E-state index in [9.17, 15) is 0 Å². The van der Waals surface area contributed by atoms with Gasteiger partial charge < -0.3 is 5.11 Å². The number of rotatable bonds is 5. The molecule has 0 amide bonds. The molecule has 1 heteroatoms. The molecule has 0 aromatic rings. The van der Waals surface area contributed by atoms with E-state index >= 15 is 0 Å². The van der Waals surface area contributed by atoms with Crippen molar-refractivity contribution >= 4 is 0 Å². The summed E-state index contributed by atoms with van der Waals surface area (Å²) in [6.07, 6.45) is 11.6. The summed E-state index contributed by atoms with van der Waals surface area (Å²) in [5.41, 5.74) is 0. The van der Waals surface area contributed by atoms with Crippen LogP contribution in [0.25, 0.3) is 0 Å². The monoisotopic (exact) mass is 140 g/mol. The van der Waals surface area contributed by atoms with Gasteiger partial charge in [0.05, 0.1) is 6.26 Å². The zero-order valence-electron chi connectivity index (χ0n) is 6.59. The van der Waals surface area contributed by atoms with Crippen LogP contribution >= 0.6 is 0 Å². The van der Waals surface area contributed by atoms with Crippen LogP contribution in [0.15, 0.2) is 24.5 Å². The summed E-state index contributed by atoms with van der Waals surface area (Å²) in [5.74, 6) is 0. The van der Waals surface area contributed by atoms with Gasteiger partial charge in [-0.1, -0.05) is 31.9 Å². The molecule has 0 rings (SSSR count). The van der Waals surface area contributed by atoms with E-state index in [4.69, 9.17) is 5.11 Å². The molecule has 0 aliphatic heterocycles. The Morgan fingerprint density at radius 3 is 2.60 bits per heavy atom. The van der Waals surface area contributed by atoms with Crippen molar-refractivity contribution in [1.29, 1.82) is 0 Å². The number of unbranched alkanes of at least 4 members (excludes halogenated alkanes) is 3. The fraction of sp³-hybridized carbons (Fsp3) is 0.556. The number of hydrogen-bond acceptors (Lipinski definition) is 1. The maximum Gasteiger partial charge on any atom is 0.0791 e. The molecule has 0 spiro atoms. The highest BCUT2D eigenvalue weighted by atomic mass is 16.2. The largest absolute Gasteiger partial charge is 0.516 e. The van der Waals surface area contributed by atoms with Gasteiger partial charge in [-0.2, -0.15) is 0 Å². The minimum Gasteiger partial charge on any atom is -0.516 e. The Morgan fingerprint density at radius 1 is 1.20 bits per heavy atom. The second-order valence-corrected chi connectivity index (χ2v) is 2.27. The van der Waals surface area contributed by atoms with E-state index in [2.05, 4.69) is 13.0 Å². The summed E-state index contributed by atoms with van der Waals surface area (Å²) in [4.78, 5) is 0. The standard InChI is InChI=1S/C9H16O/c1-2-3-4-5-6-7-8-9-10/h6-10H,2-5H2,1H3. The molecule has 1 nitrogen and oxygen atoms in total. The molecule has 0 aliphatic carbocycles. The van der Waals surface area contributed by atoms with Gasteiger partial charge in [-0.05, 0) is 18.9 Å². The molecule has 0 aliphatic rings. The lowest BCUT2D eigenvalue weighted by Gasteiger charge is -1.89. The lowest BCUT2D eigenvalue weighted by Crippen LogP contribution is -1.69. The molecular weight excluding hydrogens is 124 g/mol. The Labute approximate surface area is 63.1 Å². The first-order valence-electron chi connectivity index (χ1n) is 3.87.